The highest BCUT2D eigenvalue weighted by atomic mass is 32.2. The highest BCUT2D eigenvalue weighted by Gasteiger charge is 2.17. The molecule has 0 saturated carbocycles. The number of aryl methyl sites for hydroxylation is 1. The summed E-state index contributed by atoms with van der Waals surface area (Å²) < 4.78 is 5.57. The predicted octanol–water partition coefficient (Wildman–Crippen LogP) is 3.38. The van der Waals surface area contributed by atoms with Gasteiger partial charge in [0.05, 0.1) is 5.56 Å². The molecule has 0 bridgehead atoms. The molecule has 0 aliphatic carbocycles. The third-order valence-electron chi connectivity index (χ3n) is 2.80. The molecule has 0 fully saturated rings. The Morgan fingerprint density at radius 1 is 1.30 bits per heavy atom. The zero-order valence-corrected chi connectivity index (χ0v) is 11.3. The molecule has 0 aliphatic heterocycles. The second-order valence-corrected chi connectivity index (χ2v) is 5.10. The van der Waals surface area contributed by atoms with E-state index in [4.69, 9.17) is 4.42 Å². The summed E-state index contributed by atoms with van der Waals surface area (Å²) in [6.07, 6.45) is 1.58. The summed E-state index contributed by atoms with van der Waals surface area (Å²) in [7, 11) is 0. The van der Waals surface area contributed by atoms with Gasteiger partial charge in [0.1, 0.15) is 10.5 Å². The Labute approximate surface area is 118 Å². The molecule has 0 unspecified atom stereocenters. The van der Waals surface area contributed by atoms with E-state index in [2.05, 4.69) is 9.97 Å². The second kappa shape index (κ2) is 4.97. The highest BCUT2D eigenvalue weighted by Crippen LogP contribution is 2.31. The number of aromatic nitrogens is 2. The van der Waals surface area contributed by atoms with Crippen molar-refractivity contribution in [3.05, 3.63) is 47.7 Å². The highest BCUT2D eigenvalue weighted by molar-refractivity contribution is 7.99. The number of carbonyl (C=O) groups is 1. The summed E-state index contributed by atoms with van der Waals surface area (Å²) in [6, 6.07) is 9.04. The van der Waals surface area contributed by atoms with Crippen LogP contribution in [0.5, 0.6) is 0 Å². The number of nitrogens with zero attached hydrogens (tertiary/aromatic N) is 2. The van der Waals surface area contributed by atoms with E-state index in [9.17, 15) is 9.90 Å². The van der Waals surface area contributed by atoms with Gasteiger partial charge >= 0.3 is 5.97 Å². The van der Waals surface area contributed by atoms with Crippen LogP contribution in [0.1, 0.15) is 15.9 Å². The molecule has 20 heavy (non-hydrogen) atoms. The van der Waals surface area contributed by atoms with Crippen molar-refractivity contribution in [1.82, 2.24) is 9.97 Å². The van der Waals surface area contributed by atoms with Crippen LogP contribution >= 0.6 is 11.8 Å². The number of carboxylic acid groups (broad SMARTS) is 1. The van der Waals surface area contributed by atoms with Crippen molar-refractivity contribution in [2.75, 3.05) is 0 Å². The normalized spacial score (nSPS) is 10.8. The Morgan fingerprint density at radius 2 is 2.10 bits per heavy atom. The molecule has 0 radical (unpaired) electrons. The number of benzene rings is 1. The number of fused-ring (bicyclic) bond motifs is 1. The van der Waals surface area contributed by atoms with Gasteiger partial charge in [-0.05, 0) is 42.4 Å². The van der Waals surface area contributed by atoms with E-state index < -0.39 is 5.97 Å². The summed E-state index contributed by atoms with van der Waals surface area (Å²) >= 11 is 1.11. The van der Waals surface area contributed by atoms with Crippen molar-refractivity contribution >= 4 is 28.8 Å². The van der Waals surface area contributed by atoms with Crippen molar-refractivity contribution in [3.63, 3.8) is 0 Å². The third kappa shape index (κ3) is 2.25. The molecule has 5 nitrogen and oxygen atoms in total. The van der Waals surface area contributed by atoms with E-state index in [1.54, 1.807) is 19.2 Å². The van der Waals surface area contributed by atoms with Crippen LogP contribution < -0.4 is 0 Å². The zero-order chi connectivity index (χ0) is 14.1. The molecule has 0 amide bonds. The molecule has 3 aromatic rings. The van der Waals surface area contributed by atoms with Crippen LogP contribution in [0.3, 0.4) is 0 Å². The fourth-order valence-corrected chi connectivity index (χ4v) is 2.75. The quantitative estimate of drug-likeness (QED) is 0.795. The monoisotopic (exact) mass is 286 g/mol. The molecule has 2 heterocycles. The minimum absolute atomic E-state index is 0.180. The lowest BCUT2D eigenvalue weighted by molar-refractivity contribution is 0.0691. The Kier molecular flexibility index (Phi) is 3.15. The maximum Gasteiger partial charge on any atom is 0.338 e. The number of carboxylic acids is 1. The van der Waals surface area contributed by atoms with Gasteiger partial charge in [-0.3, -0.25) is 0 Å². The van der Waals surface area contributed by atoms with Crippen molar-refractivity contribution in [2.24, 2.45) is 0 Å². The maximum absolute atomic E-state index is 11.3. The molecular weight excluding hydrogens is 276 g/mol. The number of aromatic carboxylic acids is 1. The lowest BCUT2D eigenvalue weighted by Gasteiger charge is -2.04. The lowest BCUT2D eigenvalue weighted by atomic mass is 10.2. The summed E-state index contributed by atoms with van der Waals surface area (Å²) in [5.74, 6) is -1.01. The zero-order valence-electron chi connectivity index (χ0n) is 10.5. The molecule has 0 atom stereocenters. The average molecular weight is 286 g/mol. The van der Waals surface area contributed by atoms with Crippen LogP contribution in [-0.2, 0) is 0 Å². The maximum atomic E-state index is 11.3. The fourth-order valence-electron chi connectivity index (χ4n) is 1.85. The summed E-state index contributed by atoms with van der Waals surface area (Å²) in [6.45, 7) is 1.74. The molecule has 0 spiro atoms. The summed E-state index contributed by atoms with van der Waals surface area (Å²) in [5.41, 5.74) is 2.24. The van der Waals surface area contributed by atoms with Gasteiger partial charge in [0.2, 0.25) is 0 Å². The standard InChI is InChI=1S/C14H10N2O3S/c1-8-6-7-15-12(11(8)13(17)18)20-14-16-9-4-2-3-5-10(9)19-14/h2-7H,1H3,(H,17,18). The molecule has 0 aliphatic rings. The van der Waals surface area contributed by atoms with Crippen molar-refractivity contribution in [3.8, 4) is 0 Å². The topological polar surface area (TPSA) is 76.2 Å². The van der Waals surface area contributed by atoms with Gasteiger partial charge < -0.3 is 9.52 Å². The van der Waals surface area contributed by atoms with Crippen LogP contribution in [0.4, 0.5) is 0 Å². The van der Waals surface area contributed by atoms with E-state index in [0.29, 0.717) is 21.4 Å². The van der Waals surface area contributed by atoms with Crippen molar-refractivity contribution in [1.29, 1.82) is 0 Å². The van der Waals surface area contributed by atoms with E-state index >= 15 is 0 Å². The van der Waals surface area contributed by atoms with Crippen LogP contribution in [0.25, 0.3) is 11.1 Å². The number of oxazole rings is 1. The third-order valence-corrected chi connectivity index (χ3v) is 3.65. The first-order valence-electron chi connectivity index (χ1n) is 5.87. The van der Waals surface area contributed by atoms with Gasteiger partial charge in [-0.25, -0.2) is 14.8 Å². The summed E-state index contributed by atoms with van der Waals surface area (Å²) in [5, 5.41) is 10.0. The van der Waals surface area contributed by atoms with Gasteiger partial charge in [-0.1, -0.05) is 12.1 Å². The van der Waals surface area contributed by atoms with Crippen LogP contribution in [-0.4, -0.2) is 21.0 Å². The molecule has 100 valence electrons. The van der Waals surface area contributed by atoms with E-state index in [1.807, 2.05) is 24.3 Å². The Hall–Kier alpha value is -2.34. The van der Waals surface area contributed by atoms with Gasteiger partial charge in [0, 0.05) is 6.20 Å². The van der Waals surface area contributed by atoms with Gasteiger partial charge in [0.15, 0.2) is 5.58 Å². The number of para-hydroxylation sites is 2. The van der Waals surface area contributed by atoms with Crippen LogP contribution in [0.15, 0.2) is 51.2 Å². The molecule has 2 aromatic heterocycles. The number of pyridine rings is 1. The molecule has 0 saturated heterocycles. The molecular formula is C14H10N2O3S. The Bertz CT molecular complexity index is 765. The van der Waals surface area contributed by atoms with Crippen LogP contribution in [0.2, 0.25) is 0 Å². The average Bonchev–Trinajstić information content (AvgIpc) is 2.80. The first-order valence-corrected chi connectivity index (χ1v) is 6.69. The van der Waals surface area contributed by atoms with Crippen molar-refractivity contribution in [2.45, 2.75) is 17.2 Å². The second-order valence-electron chi connectivity index (χ2n) is 4.16. The molecule has 3 rings (SSSR count). The minimum atomic E-state index is -1.01. The first kappa shape index (κ1) is 12.7. The largest absolute Gasteiger partial charge is 0.478 e. The number of rotatable bonds is 3. The van der Waals surface area contributed by atoms with E-state index in [0.717, 1.165) is 17.3 Å². The predicted molar refractivity (Wildman–Crippen MR) is 74.1 cm³/mol. The van der Waals surface area contributed by atoms with Gasteiger partial charge in [-0.15, -0.1) is 0 Å². The fraction of sp³-hybridized carbons (Fsp3) is 0.0714. The van der Waals surface area contributed by atoms with Gasteiger partial charge in [0.25, 0.3) is 5.22 Å². The SMILES string of the molecule is Cc1ccnc(Sc2nc3ccccc3o2)c1C(=O)O. The first-order chi connectivity index (χ1) is 9.65. The molecule has 1 N–H and O–H groups in total. The van der Waals surface area contributed by atoms with E-state index in [-0.39, 0.29) is 5.56 Å². The smallest absolute Gasteiger partial charge is 0.338 e. The lowest BCUT2D eigenvalue weighted by Crippen LogP contribution is -2.03. The Balaban J connectivity index is 2.02. The van der Waals surface area contributed by atoms with E-state index in [1.165, 1.54) is 0 Å². The molecule has 6 heteroatoms. The van der Waals surface area contributed by atoms with Crippen LogP contribution in [0, 0.1) is 6.92 Å². The van der Waals surface area contributed by atoms with Gasteiger partial charge in [-0.2, -0.15) is 0 Å². The molecule has 1 aromatic carbocycles. The van der Waals surface area contributed by atoms with Crippen molar-refractivity contribution < 1.29 is 14.3 Å². The number of hydrogen-bond donors (Lipinski definition) is 1. The summed E-state index contributed by atoms with van der Waals surface area (Å²) in [4.78, 5) is 19.7. The minimum Gasteiger partial charge on any atom is -0.478 e. The number of hydrogen-bond acceptors (Lipinski definition) is 5. The Morgan fingerprint density at radius 3 is 2.85 bits per heavy atom.